The highest BCUT2D eigenvalue weighted by Crippen LogP contribution is 2.30. The Morgan fingerprint density at radius 1 is 1.26 bits per heavy atom. The summed E-state index contributed by atoms with van der Waals surface area (Å²) in [6.45, 7) is 5.16. The molecule has 0 saturated carbocycles. The normalized spacial score (nSPS) is 12.6. The summed E-state index contributed by atoms with van der Waals surface area (Å²) < 4.78 is 0. The zero-order valence-electron chi connectivity index (χ0n) is 11.0. The third kappa shape index (κ3) is 3.51. The van der Waals surface area contributed by atoms with Gasteiger partial charge in [-0.2, -0.15) is 0 Å². The lowest BCUT2D eigenvalue weighted by Crippen LogP contribution is -2.18. The Morgan fingerprint density at radius 3 is 2.79 bits per heavy atom. The van der Waals surface area contributed by atoms with Gasteiger partial charge in [-0.1, -0.05) is 42.3 Å². The van der Waals surface area contributed by atoms with Crippen LogP contribution >= 0.6 is 34.5 Å². The van der Waals surface area contributed by atoms with E-state index < -0.39 is 0 Å². The van der Waals surface area contributed by atoms with Gasteiger partial charge in [0, 0.05) is 17.5 Å². The third-order valence-electron chi connectivity index (χ3n) is 3.24. The molecule has 1 aromatic carbocycles. The van der Waals surface area contributed by atoms with Gasteiger partial charge in [-0.25, -0.2) is 0 Å². The lowest BCUT2D eigenvalue weighted by atomic mass is 10.1. The quantitative estimate of drug-likeness (QED) is 0.772. The number of thiophene rings is 1. The molecule has 2 aromatic rings. The number of nitrogens with one attached hydrogen (secondary N) is 1. The summed E-state index contributed by atoms with van der Waals surface area (Å²) in [5, 5.41) is 6.91. The summed E-state index contributed by atoms with van der Waals surface area (Å²) in [4.78, 5) is 1.40. The molecule has 1 heterocycles. The maximum atomic E-state index is 6.24. The van der Waals surface area contributed by atoms with Crippen LogP contribution in [-0.4, -0.2) is 0 Å². The third-order valence-corrected chi connectivity index (χ3v) is 5.03. The second kappa shape index (κ2) is 6.76. The fourth-order valence-corrected chi connectivity index (χ4v) is 3.45. The van der Waals surface area contributed by atoms with Gasteiger partial charge >= 0.3 is 0 Å². The standard InChI is InChI=1S/C15H17Cl2NS/c1-3-11-7-8-19-14(11)9-18-10(2)12-5-4-6-13(16)15(12)17/h4-8,10,18H,3,9H2,1-2H3. The fourth-order valence-electron chi connectivity index (χ4n) is 2.05. The Labute approximate surface area is 128 Å². The average molecular weight is 314 g/mol. The molecule has 0 aliphatic carbocycles. The predicted octanol–water partition coefficient (Wildman–Crippen LogP) is 5.47. The van der Waals surface area contributed by atoms with E-state index in [4.69, 9.17) is 23.2 Å². The summed E-state index contributed by atoms with van der Waals surface area (Å²) >= 11 is 14.1. The molecule has 4 heteroatoms. The lowest BCUT2D eigenvalue weighted by Gasteiger charge is -2.16. The van der Waals surface area contributed by atoms with Crippen molar-refractivity contribution < 1.29 is 0 Å². The van der Waals surface area contributed by atoms with E-state index in [-0.39, 0.29) is 6.04 Å². The molecule has 1 aromatic heterocycles. The average Bonchev–Trinajstić information content (AvgIpc) is 2.86. The Morgan fingerprint density at radius 2 is 2.05 bits per heavy atom. The van der Waals surface area contributed by atoms with Gasteiger partial charge in [-0.3, -0.25) is 0 Å². The van der Waals surface area contributed by atoms with Gasteiger partial charge in [0.05, 0.1) is 10.0 Å². The van der Waals surface area contributed by atoms with Gasteiger partial charge in [0.2, 0.25) is 0 Å². The maximum absolute atomic E-state index is 6.24. The molecule has 1 N–H and O–H groups in total. The van der Waals surface area contributed by atoms with Crippen molar-refractivity contribution in [1.29, 1.82) is 0 Å². The first-order valence-electron chi connectivity index (χ1n) is 6.36. The van der Waals surface area contributed by atoms with Crippen molar-refractivity contribution in [3.8, 4) is 0 Å². The number of hydrogen-bond acceptors (Lipinski definition) is 2. The summed E-state index contributed by atoms with van der Waals surface area (Å²) in [6, 6.07) is 8.14. The Kier molecular flexibility index (Phi) is 5.28. The van der Waals surface area contributed by atoms with E-state index in [9.17, 15) is 0 Å². The SMILES string of the molecule is CCc1ccsc1CNC(C)c1cccc(Cl)c1Cl. The van der Waals surface area contributed by atoms with Crippen LogP contribution in [0.15, 0.2) is 29.6 Å². The molecule has 0 saturated heterocycles. The van der Waals surface area contributed by atoms with Crippen LogP contribution in [0.3, 0.4) is 0 Å². The monoisotopic (exact) mass is 313 g/mol. The summed E-state index contributed by atoms with van der Waals surface area (Å²) in [6.07, 6.45) is 1.08. The van der Waals surface area contributed by atoms with Gasteiger partial charge in [0.15, 0.2) is 0 Å². The van der Waals surface area contributed by atoms with Gasteiger partial charge in [-0.05, 0) is 42.0 Å². The Bertz CT molecular complexity index is 551. The zero-order valence-corrected chi connectivity index (χ0v) is 13.4. The number of aryl methyl sites for hydroxylation is 1. The van der Waals surface area contributed by atoms with Crippen LogP contribution in [0.1, 0.15) is 35.9 Å². The Balaban J connectivity index is 2.05. The minimum atomic E-state index is 0.179. The van der Waals surface area contributed by atoms with Crippen LogP contribution in [0, 0.1) is 0 Å². The van der Waals surface area contributed by atoms with Crippen molar-refractivity contribution >= 4 is 34.5 Å². The predicted molar refractivity (Wildman–Crippen MR) is 85.4 cm³/mol. The number of rotatable bonds is 5. The minimum Gasteiger partial charge on any atom is -0.305 e. The van der Waals surface area contributed by atoms with Crippen LogP contribution < -0.4 is 5.32 Å². The summed E-state index contributed by atoms with van der Waals surface area (Å²) in [5.41, 5.74) is 2.46. The highest BCUT2D eigenvalue weighted by Gasteiger charge is 2.12. The molecule has 0 radical (unpaired) electrons. The van der Waals surface area contributed by atoms with Crippen LogP contribution in [0.5, 0.6) is 0 Å². The second-order valence-corrected chi connectivity index (χ2v) is 6.25. The Hall–Kier alpha value is -0.540. The lowest BCUT2D eigenvalue weighted by molar-refractivity contribution is 0.577. The molecule has 1 nitrogen and oxygen atoms in total. The molecule has 0 fully saturated rings. The molecule has 0 aliphatic heterocycles. The van der Waals surface area contributed by atoms with Crippen molar-refractivity contribution in [1.82, 2.24) is 5.32 Å². The van der Waals surface area contributed by atoms with E-state index in [1.165, 1.54) is 10.4 Å². The zero-order chi connectivity index (χ0) is 13.8. The highest BCUT2D eigenvalue weighted by molar-refractivity contribution is 7.10. The molecule has 2 rings (SSSR count). The van der Waals surface area contributed by atoms with Crippen molar-refractivity contribution in [3.63, 3.8) is 0 Å². The largest absolute Gasteiger partial charge is 0.305 e. The van der Waals surface area contributed by atoms with Crippen LogP contribution in [-0.2, 0) is 13.0 Å². The molecular formula is C15H17Cl2NS. The fraction of sp³-hybridized carbons (Fsp3) is 0.333. The first-order valence-corrected chi connectivity index (χ1v) is 7.99. The van der Waals surface area contributed by atoms with Crippen molar-refractivity contribution in [2.75, 3.05) is 0 Å². The molecule has 19 heavy (non-hydrogen) atoms. The maximum Gasteiger partial charge on any atom is 0.0639 e. The van der Waals surface area contributed by atoms with Crippen LogP contribution in [0.4, 0.5) is 0 Å². The molecule has 0 amide bonds. The van der Waals surface area contributed by atoms with E-state index in [1.54, 1.807) is 11.3 Å². The highest BCUT2D eigenvalue weighted by atomic mass is 35.5. The molecule has 102 valence electrons. The molecule has 1 atom stereocenters. The topological polar surface area (TPSA) is 12.0 Å². The number of hydrogen-bond donors (Lipinski definition) is 1. The number of benzene rings is 1. The first kappa shape index (κ1) is 14.9. The molecule has 0 aliphatic rings. The molecule has 0 bridgehead atoms. The molecule has 1 unspecified atom stereocenters. The van der Waals surface area contributed by atoms with Crippen molar-refractivity contribution in [3.05, 3.63) is 55.7 Å². The smallest absolute Gasteiger partial charge is 0.0639 e. The van der Waals surface area contributed by atoms with E-state index in [0.29, 0.717) is 10.0 Å². The first-order chi connectivity index (χ1) is 9.13. The van der Waals surface area contributed by atoms with Crippen LogP contribution in [0.25, 0.3) is 0 Å². The van der Waals surface area contributed by atoms with E-state index in [2.05, 4.69) is 30.6 Å². The van der Waals surface area contributed by atoms with Crippen molar-refractivity contribution in [2.45, 2.75) is 32.9 Å². The molecular weight excluding hydrogens is 297 g/mol. The van der Waals surface area contributed by atoms with Gasteiger partial charge in [-0.15, -0.1) is 11.3 Å². The summed E-state index contributed by atoms with van der Waals surface area (Å²) in [7, 11) is 0. The van der Waals surface area contributed by atoms with E-state index in [0.717, 1.165) is 18.5 Å². The van der Waals surface area contributed by atoms with Gasteiger partial charge in [0.1, 0.15) is 0 Å². The number of halogens is 2. The van der Waals surface area contributed by atoms with Crippen molar-refractivity contribution in [2.24, 2.45) is 0 Å². The van der Waals surface area contributed by atoms with Crippen LogP contribution in [0.2, 0.25) is 10.0 Å². The van der Waals surface area contributed by atoms with Gasteiger partial charge in [0.25, 0.3) is 0 Å². The van der Waals surface area contributed by atoms with Gasteiger partial charge < -0.3 is 5.32 Å². The van der Waals surface area contributed by atoms with E-state index >= 15 is 0 Å². The van der Waals surface area contributed by atoms with E-state index in [1.807, 2.05) is 18.2 Å². The minimum absolute atomic E-state index is 0.179. The second-order valence-electron chi connectivity index (χ2n) is 4.47. The summed E-state index contributed by atoms with van der Waals surface area (Å²) in [5.74, 6) is 0. The molecule has 0 spiro atoms.